The van der Waals surface area contributed by atoms with Gasteiger partial charge in [0.05, 0.1) is 11.9 Å². The smallest absolute Gasteiger partial charge is 0.173 e. The Hall–Kier alpha value is -1.61. The number of nitrogens with zero attached hydrogens (tertiary/aromatic N) is 4. The van der Waals surface area contributed by atoms with Crippen LogP contribution in [0.1, 0.15) is 17.0 Å². The van der Waals surface area contributed by atoms with E-state index in [0.717, 1.165) is 16.8 Å². The molecule has 2 rings (SSSR count). The van der Waals surface area contributed by atoms with Crippen LogP contribution in [-0.2, 0) is 16.5 Å². The molecule has 0 fully saturated rings. The van der Waals surface area contributed by atoms with Crippen molar-refractivity contribution in [3.05, 3.63) is 47.8 Å². The van der Waals surface area contributed by atoms with Crippen molar-refractivity contribution in [2.75, 3.05) is 0 Å². The molecule has 1 aromatic heterocycles. The van der Waals surface area contributed by atoms with Crippen LogP contribution in [-0.4, -0.2) is 21.2 Å². The van der Waals surface area contributed by atoms with E-state index in [0.29, 0.717) is 5.82 Å². The summed E-state index contributed by atoms with van der Waals surface area (Å²) < 4.78 is 0. The fourth-order valence-electron chi connectivity index (χ4n) is 1.45. The third kappa shape index (κ3) is 3.43. The zero-order valence-electron chi connectivity index (χ0n) is 9.57. The number of hydrogen-bond acceptors (Lipinski definition) is 4. The summed E-state index contributed by atoms with van der Waals surface area (Å²) in [6.45, 7) is 4.07. The Morgan fingerprint density at radius 3 is 2.24 bits per heavy atom. The molecule has 0 N–H and O–H groups in total. The molecule has 1 heterocycles. The van der Waals surface area contributed by atoms with Crippen LogP contribution < -0.4 is 0 Å². The monoisotopic (exact) mass is 270 g/mol. The van der Waals surface area contributed by atoms with Gasteiger partial charge in [-0.2, -0.15) is 0 Å². The van der Waals surface area contributed by atoms with Crippen LogP contribution in [0, 0.1) is 13.8 Å². The number of aliphatic imine (C=N–C) groups is 1. The van der Waals surface area contributed by atoms with Crippen molar-refractivity contribution < 1.29 is 16.5 Å². The largest absolute Gasteiger partial charge is 0.252 e. The van der Waals surface area contributed by atoms with Crippen LogP contribution in [0.3, 0.4) is 0 Å². The molecule has 0 amide bonds. The van der Waals surface area contributed by atoms with Crippen molar-refractivity contribution in [3.8, 4) is 0 Å². The maximum atomic E-state index is 4.40. The Balaban J connectivity index is 0.00000144. The second kappa shape index (κ2) is 6.21. The van der Waals surface area contributed by atoms with Gasteiger partial charge >= 0.3 is 0 Å². The molecule has 4 nitrogen and oxygen atoms in total. The minimum atomic E-state index is 0. The van der Waals surface area contributed by atoms with Crippen LogP contribution >= 0.6 is 0 Å². The summed E-state index contributed by atoms with van der Waals surface area (Å²) in [5, 5.41) is 0. The van der Waals surface area contributed by atoms with Gasteiger partial charge in [-0.15, -0.1) is 0 Å². The molecule has 1 aromatic carbocycles. The van der Waals surface area contributed by atoms with Crippen molar-refractivity contribution in [2.24, 2.45) is 4.99 Å². The van der Waals surface area contributed by atoms with Crippen molar-refractivity contribution in [2.45, 2.75) is 13.8 Å². The van der Waals surface area contributed by atoms with Gasteiger partial charge in [0.25, 0.3) is 0 Å². The number of aryl methyl sites for hydroxylation is 2. The summed E-state index contributed by atoms with van der Waals surface area (Å²) in [5.74, 6) is 0.567. The topological polar surface area (TPSA) is 51.0 Å². The van der Waals surface area contributed by atoms with Crippen LogP contribution in [0.5, 0.6) is 0 Å². The molecule has 5 heteroatoms. The Kier molecular flexibility index (Phi) is 4.91. The van der Waals surface area contributed by atoms with Gasteiger partial charge in [0, 0.05) is 16.5 Å². The first-order valence-electron chi connectivity index (χ1n) is 4.99. The van der Waals surface area contributed by atoms with Gasteiger partial charge in [0.1, 0.15) is 12.7 Å². The van der Waals surface area contributed by atoms with Gasteiger partial charge < -0.3 is 0 Å². The van der Waals surface area contributed by atoms with Crippen LogP contribution in [0.25, 0.3) is 0 Å². The molecule has 0 spiro atoms. The molecule has 0 radical (unpaired) electrons. The molecule has 17 heavy (non-hydrogen) atoms. The minimum absolute atomic E-state index is 0. The van der Waals surface area contributed by atoms with E-state index in [9.17, 15) is 0 Å². The predicted octanol–water partition coefficient (Wildman–Crippen LogP) is 2.24. The van der Waals surface area contributed by atoms with E-state index < -0.39 is 0 Å². The number of para-hydroxylation sites is 1. The summed E-state index contributed by atoms with van der Waals surface area (Å²) in [6.07, 6.45) is 4.56. The van der Waals surface area contributed by atoms with Crippen LogP contribution in [0.15, 0.2) is 35.8 Å². The SMILES string of the molecule is Cc1cccc(C)c1N=Cc1ncncn1.[Ni]. The normalized spacial score (nSPS) is 10.2. The maximum Gasteiger partial charge on any atom is 0.173 e. The molecule has 0 atom stereocenters. The standard InChI is InChI=1S/C12H12N4.Ni/c1-9-4-3-5-10(2)12(9)14-6-11-15-7-13-8-16-11;/h3-8H,1-2H3;. The molecule has 2 aromatic rings. The van der Waals surface area contributed by atoms with E-state index in [1.165, 1.54) is 12.7 Å². The van der Waals surface area contributed by atoms with Gasteiger partial charge in [-0.3, -0.25) is 4.99 Å². The number of rotatable bonds is 2. The van der Waals surface area contributed by atoms with Crippen LogP contribution in [0.4, 0.5) is 5.69 Å². The maximum absolute atomic E-state index is 4.40. The predicted molar refractivity (Wildman–Crippen MR) is 63.0 cm³/mol. The third-order valence-corrected chi connectivity index (χ3v) is 2.26. The fourth-order valence-corrected chi connectivity index (χ4v) is 1.45. The number of hydrogen-bond donors (Lipinski definition) is 0. The van der Waals surface area contributed by atoms with E-state index in [4.69, 9.17) is 0 Å². The van der Waals surface area contributed by atoms with E-state index in [1.807, 2.05) is 32.0 Å². The second-order valence-electron chi connectivity index (χ2n) is 3.50. The van der Waals surface area contributed by atoms with Gasteiger partial charge in [-0.25, -0.2) is 15.0 Å². The summed E-state index contributed by atoms with van der Waals surface area (Å²) in [5.41, 5.74) is 3.26. The van der Waals surface area contributed by atoms with E-state index in [1.54, 1.807) is 6.21 Å². The van der Waals surface area contributed by atoms with Crippen LogP contribution in [0.2, 0.25) is 0 Å². The molecular formula is C12H12N4Ni. The number of benzene rings is 1. The number of aromatic nitrogens is 3. The van der Waals surface area contributed by atoms with Crippen molar-refractivity contribution in [3.63, 3.8) is 0 Å². The molecule has 0 unspecified atom stereocenters. The van der Waals surface area contributed by atoms with E-state index in [2.05, 4.69) is 19.9 Å². The molecule has 0 saturated heterocycles. The summed E-state index contributed by atoms with van der Waals surface area (Å²) in [6, 6.07) is 6.09. The molecule has 0 aliphatic carbocycles. The van der Waals surface area contributed by atoms with E-state index >= 15 is 0 Å². The Labute approximate surface area is 110 Å². The average Bonchev–Trinajstić information content (AvgIpc) is 2.30. The Bertz CT molecular complexity index is 491. The summed E-state index contributed by atoms with van der Waals surface area (Å²) in [4.78, 5) is 16.1. The van der Waals surface area contributed by atoms with Gasteiger partial charge in [-0.05, 0) is 25.0 Å². The van der Waals surface area contributed by atoms with Gasteiger partial charge in [0.2, 0.25) is 0 Å². The molecular weight excluding hydrogens is 259 g/mol. The zero-order valence-corrected chi connectivity index (χ0v) is 10.6. The van der Waals surface area contributed by atoms with E-state index in [-0.39, 0.29) is 16.5 Å². The van der Waals surface area contributed by atoms with Crippen molar-refractivity contribution in [1.29, 1.82) is 0 Å². The molecule has 0 saturated carbocycles. The molecule has 0 bridgehead atoms. The molecule has 0 aliphatic heterocycles. The Morgan fingerprint density at radius 1 is 1.06 bits per heavy atom. The molecule has 0 aliphatic rings. The second-order valence-corrected chi connectivity index (χ2v) is 3.50. The summed E-state index contributed by atoms with van der Waals surface area (Å²) in [7, 11) is 0. The van der Waals surface area contributed by atoms with Gasteiger partial charge in [0.15, 0.2) is 5.82 Å². The first-order valence-corrected chi connectivity index (χ1v) is 4.99. The first-order chi connectivity index (χ1) is 7.77. The molecule has 90 valence electrons. The van der Waals surface area contributed by atoms with Crippen molar-refractivity contribution in [1.82, 2.24) is 15.0 Å². The zero-order chi connectivity index (χ0) is 11.4. The summed E-state index contributed by atoms with van der Waals surface area (Å²) >= 11 is 0. The van der Waals surface area contributed by atoms with Crippen molar-refractivity contribution >= 4 is 11.9 Å². The quantitative estimate of drug-likeness (QED) is 0.621. The van der Waals surface area contributed by atoms with Gasteiger partial charge in [-0.1, -0.05) is 18.2 Å². The first kappa shape index (κ1) is 13.5. The average molecular weight is 271 g/mol. The third-order valence-electron chi connectivity index (χ3n) is 2.26. The minimum Gasteiger partial charge on any atom is -0.252 e. The fraction of sp³-hybridized carbons (Fsp3) is 0.167. The Morgan fingerprint density at radius 2 is 1.65 bits per heavy atom.